The van der Waals surface area contributed by atoms with Crippen LogP contribution in [0.3, 0.4) is 0 Å². The van der Waals surface area contributed by atoms with Crippen molar-refractivity contribution in [1.82, 2.24) is 0 Å². The maximum Gasteiger partial charge on any atom is 0.270 e. The molecule has 0 saturated carbocycles. The van der Waals surface area contributed by atoms with Gasteiger partial charge in [-0.05, 0) is 18.4 Å². The Morgan fingerprint density at radius 3 is 2.87 bits per heavy atom. The van der Waals surface area contributed by atoms with Gasteiger partial charge in [0.05, 0.1) is 4.92 Å². The van der Waals surface area contributed by atoms with Crippen LogP contribution in [0, 0.1) is 10.1 Å². The van der Waals surface area contributed by atoms with Crippen LogP contribution in [-0.4, -0.2) is 16.9 Å². The number of benzene rings is 1. The first-order chi connectivity index (χ1) is 7.09. The van der Waals surface area contributed by atoms with Crippen LogP contribution in [0.25, 0.3) is 0 Å². The Hall–Kier alpha value is -1.78. The van der Waals surface area contributed by atoms with E-state index in [1.165, 1.54) is 12.1 Å². The van der Waals surface area contributed by atoms with Crippen molar-refractivity contribution in [3.05, 3.63) is 39.4 Å². The number of aryl methyl sites for hydroxylation is 1. The molecule has 1 atom stereocenters. The molecule has 0 radical (unpaired) electrons. The number of carbonyl (C=O) groups excluding carboxylic acids is 1. The standard InChI is InChI=1S/C10H8FNO3/c11-9-4-2-6-1-3-7(12(14)15)5-8(6)10(9)13/h1,3,5,9H,2,4H2/t9-/m1/s1. The summed E-state index contributed by atoms with van der Waals surface area (Å²) in [4.78, 5) is 21.3. The number of rotatable bonds is 1. The van der Waals surface area contributed by atoms with Gasteiger partial charge >= 0.3 is 0 Å². The molecule has 4 nitrogen and oxygen atoms in total. The van der Waals surface area contributed by atoms with Gasteiger partial charge in [-0.3, -0.25) is 14.9 Å². The Morgan fingerprint density at radius 1 is 1.47 bits per heavy atom. The van der Waals surface area contributed by atoms with E-state index in [0.717, 1.165) is 6.07 Å². The number of alkyl halides is 1. The number of hydrogen-bond acceptors (Lipinski definition) is 3. The van der Waals surface area contributed by atoms with E-state index in [0.29, 0.717) is 12.0 Å². The molecule has 2 rings (SSSR count). The van der Waals surface area contributed by atoms with Crippen molar-refractivity contribution in [2.24, 2.45) is 0 Å². The largest absolute Gasteiger partial charge is 0.291 e. The maximum absolute atomic E-state index is 13.1. The number of nitro groups is 1. The number of non-ortho nitro benzene ring substituents is 1. The average Bonchev–Trinajstić information content (AvgIpc) is 2.23. The molecule has 1 aliphatic rings. The minimum absolute atomic E-state index is 0.156. The maximum atomic E-state index is 13.1. The Bertz CT molecular complexity index is 444. The highest BCUT2D eigenvalue weighted by Crippen LogP contribution is 2.26. The summed E-state index contributed by atoms with van der Waals surface area (Å²) in [5.41, 5.74) is 0.679. The minimum atomic E-state index is -1.51. The summed E-state index contributed by atoms with van der Waals surface area (Å²) in [6, 6.07) is 4.02. The number of nitrogens with zero attached hydrogens (tertiary/aromatic N) is 1. The molecule has 0 aliphatic heterocycles. The number of hydrogen-bond donors (Lipinski definition) is 0. The summed E-state index contributed by atoms with van der Waals surface area (Å²) in [6.07, 6.45) is -0.886. The second-order valence-electron chi connectivity index (χ2n) is 3.47. The van der Waals surface area contributed by atoms with Gasteiger partial charge in [0, 0.05) is 17.7 Å². The predicted octanol–water partition coefficient (Wildman–Crippen LogP) is 2.06. The van der Waals surface area contributed by atoms with E-state index < -0.39 is 16.9 Å². The molecule has 5 heteroatoms. The summed E-state index contributed by atoms with van der Waals surface area (Å²) >= 11 is 0. The zero-order valence-electron chi connectivity index (χ0n) is 7.77. The van der Waals surface area contributed by atoms with Gasteiger partial charge in [-0.1, -0.05) is 6.07 Å². The summed E-state index contributed by atoms with van der Waals surface area (Å²) in [7, 11) is 0. The van der Waals surface area contributed by atoms with E-state index in [-0.39, 0.29) is 17.7 Å². The summed E-state index contributed by atoms with van der Waals surface area (Å²) in [6.45, 7) is 0. The lowest BCUT2D eigenvalue weighted by atomic mass is 9.89. The van der Waals surface area contributed by atoms with E-state index in [4.69, 9.17) is 0 Å². The van der Waals surface area contributed by atoms with Crippen LogP contribution >= 0.6 is 0 Å². The lowest BCUT2D eigenvalue weighted by Gasteiger charge is -2.16. The second-order valence-corrected chi connectivity index (χ2v) is 3.47. The van der Waals surface area contributed by atoms with Gasteiger partial charge in [0.25, 0.3) is 5.69 Å². The molecule has 0 N–H and O–H groups in total. The highest BCUT2D eigenvalue weighted by Gasteiger charge is 2.28. The molecule has 0 unspecified atom stereocenters. The third-order valence-corrected chi connectivity index (χ3v) is 2.52. The molecule has 1 aromatic rings. The summed E-state index contributed by atoms with van der Waals surface area (Å²) < 4.78 is 13.1. The molecule has 78 valence electrons. The summed E-state index contributed by atoms with van der Waals surface area (Å²) in [5.74, 6) is -0.639. The molecule has 0 fully saturated rings. The molecule has 15 heavy (non-hydrogen) atoms. The number of nitro benzene ring substituents is 1. The lowest BCUT2D eigenvalue weighted by molar-refractivity contribution is -0.384. The first-order valence-electron chi connectivity index (χ1n) is 4.55. The Kier molecular flexibility index (Phi) is 2.22. The van der Waals surface area contributed by atoms with E-state index in [1.807, 2.05) is 0 Å². The van der Waals surface area contributed by atoms with Gasteiger partial charge in [0.1, 0.15) is 0 Å². The monoisotopic (exact) mass is 209 g/mol. The smallest absolute Gasteiger partial charge is 0.270 e. The first kappa shape index (κ1) is 9.76. The average molecular weight is 209 g/mol. The fourth-order valence-corrected chi connectivity index (χ4v) is 1.71. The minimum Gasteiger partial charge on any atom is -0.291 e. The van der Waals surface area contributed by atoms with Gasteiger partial charge < -0.3 is 0 Å². The van der Waals surface area contributed by atoms with Crippen molar-refractivity contribution in [2.75, 3.05) is 0 Å². The third kappa shape index (κ3) is 1.60. The number of ketones is 1. The number of fused-ring (bicyclic) bond motifs is 1. The molecule has 0 amide bonds. The molecule has 0 bridgehead atoms. The fourth-order valence-electron chi connectivity index (χ4n) is 1.71. The molecular weight excluding hydrogens is 201 g/mol. The van der Waals surface area contributed by atoms with Crippen LogP contribution in [0.4, 0.5) is 10.1 Å². The molecule has 0 heterocycles. The van der Waals surface area contributed by atoms with E-state index in [1.54, 1.807) is 0 Å². The van der Waals surface area contributed by atoms with E-state index >= 15 is 0 Å². The molecule has 1 aromatic carbocycles. The topological polar surface area (TPSA) is 60.2 Å². The van der Waals surface area contributed by atoms with Crippen LogP contribution < -0.4 is 0 Å². The second kappa shape index (κ2) is 3.42. The van der Waals surface area contributed by atoms with Crippen LogP contribution in [0.5, 0.6) is 0 Å². The molecule has 1 aliphatic carbocycles. The van der Waals surface area contributed by atoms with Crippen LogP contribution in [0.1, 0.15) is 22.3 Å². The third-order valence-electron chi connectivity index (χ3n) is 2.52. The predicted molar refractivity (Wildman–Crippen MR) is 50.6 cm³/mol. The molecular formula is C10H8FNO3. The van der Waals surface area contributed by atoms with Gasteiger partial charge in [-0.25, -0.2) is 4.39 Å². The van der Waals surface area contributed by atoms with Crippen LogP contribution in [0.15, 0.2) is 18.2 Å². The number of Topliss-reactive ketones (excluding diaryl/α,β-unsaturated/α-hetero) is 1. The SMILES string of the molecule is O=C1c2cc([N+](=O)[O-])ccc2CC[C@H]1F. The number of carbonyl (C=O) groups is 1. The number of halogens is 1. The molecule has 0 aromatic heterocycles. The molecule has 0 spiro atoms. The lowest BCUT2D eigenvalue weighted by Crippen LogP contribution is -2.23. The Balaban J connectivity index is 2.50. The van der Waals surface area contributed by atoms with E-state index in [9.17, 15) is 19.3 Å². The van der Waals surface area contributed by atoms with Crippen molar-refractivity contribution in [3.63, 3.8) is 0 Å². The van der Waals surface area contributed by atoms with Crippen molar-refractivity contribution >= 4 is 11.5 Å². The Labute approximate surface area is 84.9 Å². The van der Waals surface area contributed by atoms with Crippen molar-refractivity contribution in [3.8, 4) is 0 Å². The van der Waals surface area contributed by atoms with Crippen LogP contribution in [0.2, 0.25) is 0 Å². The fraction of sp³-hybridized carbons (Fsp3) is 0.300. The van der Waals surface area contributed by atoms with Gasteiger partial charge in [0.15, 0.2) is 12.0 Å². The van der Waals surface area contributed by atoms with Gasteiger partial charge in [-0.2, -0.15) is 0 Å². The highest BCUT2D eigenvalue weighted by molar-refractivity contribution is 6.02. The highest BCUT2D eigenvalue weighted by atomic mass is 19.1. The van der Waals surface area contributed by atoms with Crippen molar-refractivity contribution in [2.45, 2.75) is 19.0 Å². The van der Waals surface area contributed by atoms with Gasteiger partial charge in [-0.15, -0.1) is 0 Å². The zero-order chi connectivity index (χ0) is 11.0. The van der Waals surface area contributed by atoms with Gasteiger partial charge in [0.2, 0.25) is 0 Å². The molecule has 0 saturated heterocycles. The van der Waals surface area contributed by atoms with Crippen LogP contribution in [-0.2, 0) is 6.42 Å². The summed E-state index contributed by atoms with van der Waals surface area (Å²) in [5, 5.41) is 10.5. The first-order valence-corrected chi connectivity index (χ1v) is 4.55. The quantitative estimate of drug-likeness (QED) is 0.525. The van der Waals surface area contributed by atoms with E-state index in [2.05, 4.69) is 0 Å². The Morgan fingerprint density at radius 2 is 2.20 bits per heavy atom. The van der Waals surface area contributed by atoms with Crippen molar-refractivity contribution in [1.29, 1.82) is 0 Å². The normalized spacial score (nSPS) is 19.8. The zero-order valence-corrected chi connectivity index (χ0v) is 7.77. The van der Waals surface area contributed by atoms with Crippen molar-refractivity contribution < 1.29 is 14.1 Å².